The smallest absolute Gasteiger partial charge is 0.0486 e. The van der Waals surface area contributed by atoms with Gasteiger partial charge in [-0.05, 0) is 38.1 Å². The first-order valence-corrected chi connectivity index (χ1v) is 5.49. The molecule has 1 aromatic carbocycles. The maximum absolute atomic E-state index is 3.21. The average Bonchev–Trinajstić information content (AvgIpc) is 2.56. The lowest BCUT2D eigenvalue weighted by molar-refractivity contribution is 0.775. The van der Waals surface area contributed by atoms with Crippen molar-refractivity contribution in [3.63, 3.8) is 0 Å². The molecule has 1 N–H and O–H groups in total. The van der Waals surface area contributed by atoms with Crippen molar-refractivity contribution in [2.45, 2.75) is 26.9 Å². The Morgan fingerprint density at radius 3 is 2.80 bits per heavy atom. The lowest BCUT2D eigenvalue weighted by Crippen LogP contribution is -2.04. The quantitative estimate of drug-likeness (QED) is 0.809. The summed E-state index contributed by atoms with van der Waals surface area (Å²) >= 11 is 0. The Hall–Kier alpha value is -1.28. The predicted molar refractivity (Wildman–Crippen MR) is 65.1 cm³/mol. The Kier molecular flexibility index (Phi) is 2.78. The molecular weight excluding hydrogens is 184 g/mol. The summed E-state index contributed by atoms with van der Waals surface area (Å²) in [6.45, 7) is 6.30. The van der Waals surface area contributed by atoms with Crippen LogP contribution in [0.25, 0.3) is 10.9 Å². The third-order valence-corrected chi connectivity index (χ3v) is 2.83. The van der Waals surface area contributed by atoms with Crippen LogP contribution in [-0.4, -0.2) is 11.6 Å². The topological polar surface area (TPSA) is 17.0 Å². The summed E-state index contributed by atoms with van der Waals surface area (Å²) in [5, 5.41) is 4.59. The van der Waals surface area contributed by atoms with E-state index in [0.29, 0.717) is 0 Å². The fourth-order valence-corrected chi connectivity index (χ4v) is 2.07. The van der Waals surface area contributed by atoms with Crippen LogP contribution in [0.15, 0.2) is 24.4 Å². The van der Waals surface area contributed by atoms with Gasteiger partial charge in [0, 0.05) is 30.2 Å². The molecule has 0 atom stereocenters. The van der Waals surface area contributed by atoms with E-state index >= 15 is 0 Å². The normalized spacial score (nSPS) is 11.1. The van der Waals surface area contributed by atoms with Gasteiger partial charge in [0.25, 0.3) is 0 Å². The minimum atomic E-state index is 0.937. The first kappa shape index (κ1) is 10.2. The molecule has 0 aliphatic rings. The van der Waals surface area contributed by atoms with Crippen LogP contribution in [0.4, 0.5) is 0 Å². The molecule has 2 aromatic rings. The summed E-state index contributed by atoms with van der Waals surface area (Å²) in [7, 11) is 1.99. The Bertz CT molecular complexity index is 469. The highest BCUT2D eigenvalue weighted by Gasteiger charge is 2.06. The van der Waals surface area contributed by atoms with E-state index in [1.54, 1.807) is 0 Å². The van der Waals surface area contributed by atoms with Crippen molar-refractivity contribution in [1.29, 1.82) is 0 Å². The van der Waals surface area contributed by atoms with E-state index < -0.39 is 0 Å². The summed E-state index contributed by atoms with van der Waals surface area (Å²) in [4.78, 5) is 0. The molecule has 0 saturated carbocycles. The van der Waals surface area contributed by atoms with Crippen molar-refractivity contribution in [1.82, 2.24) is 9.88 Å². The fraction of sp³-hybridized carbons (Fsp3) is 0.385. The number of aryl methyl sites for hydroxylation is 2. The van der Waals surface area contributed by atoms with Crippen molar-refractivity contribution in [2.24, 2.45) is 0 Å². The molecule has 80 valence electrons. The molecule has 0 amide bonds. The number of fused-ring (bicyclic) bond motifs is 1. The largest absolute Gasteiger partial charge is 0.347 e. The fourth-order valence-electron chi connectivity index (χ4n) is 2.07. The number of hydrogen-bond acceptors (Lipinski definition) is 1. The van der Waals surface area contributed by atoms with Gasteiger partial charge in [-0.3, -0.25) is 0 Å². The second kappa shape index (κ2) is 4.07. The minimum absolute atomic E-state index is 0.937. The number of aromatic nitrogens is 1. The number of hydrogen-bond donors (Lipinski definition) is 1. The number of nitrogens with zero attached hydrogens (tertiary/aromatic N) is 1. The van der Waals surface area contributed by atoms with E-state index in [-0.39, 0.29) is 0 Å². The molecule has 2 nitrogen and oxygen atoms in total. The third-order valence-electron chi connectivity index (χ3n) is 2.83. The first-order valence-electron chi connectivity index (χ1n) is 5.49. The molecule has 0 fully saturated rings. The van der Waals surface area contributed by atoms with Crippen molar-refractivity contribution in [3.8, 4) is 0 Å². The Labute approximate surface area is 90.9 Å². The highest BCUT2D eigenvalue weighted by atomic mass is 15.0. The zero-order chi connectivity index (χ0) is 10.8. The molecular formula is C13H18N2. The SMILES string of the molecule is CCn1cc(CNC)c2ccc(C)cc21. The number of nitrogens with one attached hydrogen (secondary N) is 1. The van der Waals surface area contributed by atoms with Gasteiger partial charge in [0.05, 0.1) is 0 Å². The van der Waals surface area contributed by atoms with Crippen LogP contribution in [-0.2, 0) is 13.1 Å². The van der Waals surface area contributed by atoms with Crippen molar-refractivity contribution in [2.75, 3.05) is 7.05 Å². The van der Waals surface area contributed by atoms with Crippen LogP contribution in [0.3, 0.4) is 0 Å². The van der Waals surface area contributed by atoms with E-state index in [9.17, 15) is 0 Å². The third kappa shape index (κ3) is 1.77. The highest BCUT2D eigenvalue weighted by Crippen LogP contribution is 2.22. The highest BCUT2D eigenvalue weighted by molar-refractivity contribution is 5.84. The molecule has 0 aliphatic heterocycles. The Balaban J connectivity index is 2.64. The molecule has 0 bridgehead atoms. The van der Waals surface area contributed by atoms with Gasteiger partial charge in [-0.2, -0.15) is 0 Å². The Morgan fingerprint density at radius 1 is 1.33 bits per heavy atom. The van der Waals surface area contributed by atoms with Crippen molar-refractivity contribution >= 4 is 10.9 Å². The van der Waals surface area contributed by atoms with Gasteiger partial charge in [-0.1, -0.05) is 12.1 Å². The van der Waals surface area contributed by atoms with Gasteiger partial charge in [0.2, 0.25) is 0 Å². The van der Waals surface area contributed by atoms with Gasteiger partial charge >= 0.3 is 0 Å². The van der Waals surface area contributed by atoms with Gasteiger partial charge in [0.1, 0.15) is 0 Å². The van der Waals surface area contributed by atoms with E-state index in [4.69, 9.17) is 0 Å². The molecule has 0 aliphatic carbocycles. The molecule has 0 unspecified atom stereocenters. The molecule has 0 spiro atoms. The van der Waals surface area contributed by atoms with Gasteiger partial charge in [-0.15, -0.1) is 0 Å². The van der Waals surface area contributed by atoms with E-state index in [0.717, 1.165) is 13.1 Å². The number of benzene rings is 1. The molecule has 2 heteroatoms. The van der Waals surface area contributed by atoms with Crippen molar-refractivity contribution < 1.29 is 0 Å². The summed E-state index contributed by atoms with van der Waals surface area (Å²) < 4.78 is 2.31. The van der Waals surface area contributed by atoms with Crippen molar-refractivity contribution in [3.05, 3.63) is 35.5 Å². The van der Waals surface area contributed by atoms with E-state index in [1.807, 2.05) is 7.05 Å². The van der Waals surface area contributed by atoms with Gasteiger partial charge in [0.15, 0.2) is 0 Å². The monoisotopic (exact) mass is 202 g/mol. The summed E-state index contributed by atoms with van der Waals surface area (Å²) in [5.74, 6) is 0. The average molecular weight is 202 g/mol. The zero-order valence-corrected chi connectivity index (χ0v) is 9.67. The second-order valence-electron chi connectivity index (χ2n) is 3.99. The summed E-state index contributed by atoms with van der Waals surface area (Å²) in [6.07, 6.45) is 2.25. The molecule has 0 saturated heterocycles. The second-order valence-corrected chi connectivity index (χ2v) is 3.99. The molecule has 1 aromatic heterocycles. The summed E-state index contributed by atoms with van der Waals surface area (Å²) in [6, 6.07) is 6.67. The molecule has 0 radical (unpaired) electrons. The molecule has 15 heavy (non-hydrogen) atoms. The molecule has 1 heterocycles. The predicted octanol–water partition coefficient (Wildman–Crippen LogP) is 2.69. The molecule has 2 rings (SSSR count). The van der Waals surface area contributed by atoms with Crippen LogP contribution >= 0.6 is 0 Å². The maximum atomic E-state index is 3.21. The lowest BCUT2D eigenvalue weighted by atomic mass is 10.1. The van der Waals surface area contributed by atoms with Crippen LogP contribution < -0.4 is 5.32 Å². The summed E-state index contributed by atoms with van der Waals surface area (Å²) in [5.41, 5.74) is 4.06. The van der Waals surface area contributed by atoms with Crippen LogP contribution in [0.1, 0.15) is 18.1 Å². The van der Waals surface area contributed by atoms with Gasteiger partial charge < -0.3 is 9.88 Å². The Morgan fingerprint density at radius 2 is 2.13 bits per heavy atom. The first-order chi connectivity index (χ1) is 7.26. The van der Waals surface area contributed by atoms with E-state index in [2.05, 4.69) is 48.1 Å². The van der Waals surface area contributed by atoms with Crippen LogP contribution in [0.2, 0.25) is 0 Å². The zero-order valence-electron chi connectivity index (χ0n) is 9.67. The maximum Gasteiger partial charge on any atom is 0.0486 e. The number of rotatable bonds is 3. The lowest BCUT2D eigenvalue weighted by Gasteiger charge is -2.00. The van der Waals surface area contributed by atoms with Crippen LogP contribution in [0, 0.1) is 6.92 Å². The minimum Gasteiger partial charge on any atom is -0.347 e. The van der Waals surface area contributed by atoms with Crippen LogP contribution in [0.5, 0.6) is 0 Å². The van der Waals surface area contributed by atoms with E-state index in [1.165, 1.54) is 22.0 Å². The van der Waals surface area contributed by atoms with Gasteiger partial charge in [-0.25, -0.2) is 0 Å². The standard InChI is InChI=1S/C13H18N2/c1-4-15-9-11(8-14-3)12-6-5-10(2)7-13(12)15/h5-7,9,14H,4,8H2,1-3H3.